The van der Waals surface area contributed by atoms with Crippen LogP contribution in [0.25, 0.3) is 111 Å². The second-order valence-corrected chi connectivity index (χ2v) is 15.0. The number of hydrogen-bond donors (Lipinski definition) is 0. The van der Waals surface area contributed by atoms with Gasteiger partial charge in [0.25, 0.3) is 0 Å². The lowest BCUT2D eigenvalue weighted by Gasteiger charge is -2.14. The lowest BCUT2D eigenvalue weighted by atomic mass is 9.93. The van der Waals surface area contributed by atoms with E-state index in [0.29, 0.717) is 17.5 Å². The fraction of sp³-hybridized carbons (Fsp3) is 0. The van der Waals surface area contributed by atoms with Gasteiger partial charge >= 0.3 is 0 Å². The van der Waals surface area contributed by atoms with Crippen LogP contribution in [0, 0.1) is 0 Å². The molecule has 0 saturated carbocycles. The van der Waals surface area contributed by atoms with Crippen molar-refractivity contribution in [3.05, 3.63) is 218 Å². The van der Waals surface area contributed by atoms with Crippen LogP contribution in [0.15, 0.2) is 218 Å². The van der Waals surface area contributed by atoms with E-state index in [0.717, 1.165) is 66.7 Å². The first-order valence-electron chi connectivity index (χ1n) is 20.2. The zero-order chi connectivity index (χ0) is 39.8. The first-order valence-corrected chi connectivity index (χ1v) is 20.2. The Kier molecular flexibility index (Phi) is 8.79. The van der Waals surface area contributed by atoms with Crippen molar-refractivity contribution >= 4 is 32.4 Å². The van der Waals surface area contributed by atoms with Crippen molar-refractivity contribution in [1.29, 1.82) is 0 Å². The van der Waals surface area contributed by atoms with Crippen LogP contribution >= 0.6 is 0 Å². The fourth-order valence-corrected chi connectivity index (χ4v) is 8.29. The fourth-order valence-electron chi connectivity index (χ4n) is 8.29. The number of pyridine rings is 1. The van der Waals surface area contributed by atoms with Crippen molar-refractivity contribution < 1.29 is 0 Å². The van der Waals surface area contributed by atoms with E-state index in [9.17, 15) is 0 Å². The molecule has 2 heterocycles. The zero-order valence-corrected chi connectivity index (χ0v) is 32.6. The monoisotopic (exact) mass is 764 g/mol. The molecule has 0 N–H and O–H groups in total. The Bertz CT molecular complexity index is 3360. The zero-order valence-electron chi connectivity index (χ0n) is 32.6. The predicted octanol–water partition coefficient (Wildman–Crippen LogP) is 14.4. The molecule has 0 unspecified atom stereocenters. The van der Waals surface area contributed by atoms with Crippen molar-refractivity contribution in [2.75, 3.05) is 0 Å². The molecule has 0 bridgehead atoms. The third-order valence-electron chi connectivity index (χ3n) is 11.3. The van der Waals surface area contributed by atoms with Gasteiger partial charge in [-0.3, -0.25) is 0 Å². The molecule has 0 spiro atoms. The summed E-state index contributed by atoms with van der Waals surface area (Å²) < 4.78 is 0. The Balaban J connectivity index is 0.973. The van der Waals surface area contributed by atoms with Crippen LogP contribution in [0.1, 0.15) is 0 Å². The average Bonchev–Trinajstić information content (AvgIpc) is 3.34. The Labute approximate surface area is 348 Å². The van der Waals surface area contributed by atoms with E-state index in [-0.39, 0.29) is 0 Å². The molecule has 0 aliphatic heterocycles. The number of benzene rings is 9. The molecule has 4 nitrogen and oxygen atoms in total. The van der Waals surface area contributed by atoms with Gasteiger partial charge in [-0.25, -0.2) is 19.9 Å². The summed E-state index contributed by atoms with van der Waals surface area (Å²) in [7, 11) is 0. The normalized spacial score (nSPS) is 11.3. The molecule has 9 aromatic carbocycles. The highest BCUT2D eigenvalue weighted by molar-refractivity contribution is 6.21. The number of rotatable bonds is 7. The maximum absolute atomic E-state index is 5.31. The van der Waals surface area contributed by atoms with Crippen molar-refractivity contribution in [2.24, 2.45) is 0 Å². The van der Waals surface area contributed by atoms with Crippen LogP contribution in [0.2, 0.25) is 0 Å². The summed E-state index contributed by atoms with van der Waals surface area (Å²) in [6, 6.07) is 76.5. The summed E-state index contributed by atoms with van der Waals surface area (Å²) in [6.45, 7) is 0. The maximum atomic E-state index is 5.31. The molecule has 2 aromatic heterocycles. The summed E-state index contributed by atoms with van der Waals surface area (Å²) in [5.41, 5.74) is 12.6. The molecule has 0 aliphatic carbocycles. The minimum atomic E-state index is 0.624. The highest BCUT2D eigenvalue weighted by Gasteiger charge is 2.16. The van der Waals surface area contributed by atoms with E-state index < -0.39 is 0 Å². The smallest absolute Gasteiger partial charge is 0.164 e. The van der Waals surface area contributed by atoms with Crippen molar-refractivity contribution in [1.82, 2.24) is 19.9 Å². The number of nitrogens with zero attached hydrogens (tertiary/aromatic N) is 4. The van der Waals surface area contributed by atoms with Crippen LogP contribution in [0.3, 0.4) is 0 Å². The summed E-state index contributed by atoms with van der Waals surface area (Å²) in [6.07, 6.45) is 0. The van der Waals surface area contributed by atoms with Gasteiger partial charge in [0.05, 0.1) is 11.2 Å². The minimum Gasteiger partial charge on any atom is -0.247 e. The number of hydrogen-bond acceptors (Lipinski definition) is 4. The third kappa shape index (κ3) is 6.56. The second kappa shape index (κ2) is 15.0. The van der Waals surface area contributed by atoms with Gasteiger partial charge < -0.3 is 0 Å². The maximum Gasteiger partial charge on any atom is 0.164 e. The van der Waals surface area contributed by atoms with E-state index in [4.69, 9.17) is 19.9 Å². The van der Waals surface area contributed by atoms with Crippen molar-refractivity contribution in [2.45, 2.75) is 0 Å². The van der Waals surface area contributed by atoms with Gasteiger partial charge in [-0.1, -0.05) is 194 Å². The Morgan fingerprint density at radius 2 is 0.667 bits per heavy atom. The molecular weight excluding hydrogens is 729 g/mol. The van der Waals surface area contributed by atoms with E-state index in [1.807, 2.05) is 36.4 Å². The first kappa shape index (κ1) is 35.1. The SMILES string of the molecule is c1ccc(-c2ccc(-c3nc(-c4ccccc4)nc(-c4cccc(-c5cccc(-c6cccc(-c7nc8ccccc8c8ccc9ccccc9c78)c6)c5)c4)n3)cc2)cc1. The third-order valence-corrected chi connectivity index (χ3v) is 11.3. The quantitative estimate of drug-likeness (QED) is 0.152. The molecule has 280 valence electrons. The topological polar surface area (TPSA) is 51.6 Å². The Hall–Kier alpha value is -8.08. The van der Waals surface area contributed by atoms with E-state index in [1.165, 1.54) is 27.1 Å². The van der Waals surface area contributed by atoms with Gasteiger partial charge in [-0.05, 0) is 73.8 Å². The van der Waals surface area contributed by atoms with E-state index in [1.54, 1.807) is 0 Å². The summed E-state index contributed by atoms with van der Waals surface area (Å²) in [5.74, 6) is 1.89. The summed E-state index contributed by atoms with van der Waals surface area (Å²) in [5, 5.41) is 5.96. The minimum absolute atomic E-state index is 0.624. The van der Waals surface area contributed by atoms with Gasteiger partial charge in [0.2, 0.25) is 0 Å². The number of aromatic nitrogens is 4. The molecule has 0 radical (unpaired) electrons. The van der Waals surface area contributed by atoms with Crippen molar-refractivity contribution in [3.8, 4) is 78.8 Å². The lowest BCUT2D eigenvalue weighted by Crippen LogP contribution is -2.00. The van der Waals surface area contributed by atoms with Crippen LogP contribution in [-0.2, 0) is 0 Å². The molecule has 0 fully saturated rings. The van der Waals surface area contributed by atoms with Crippen LogP contribution < -0.4 is 0 Å². The molecule has 4 heteroatoms. The molecule has 0 atom stereocenters. The molecule has 0 saturated heterocycles. The summed E-state index contributed by atoms with van der Waals surface area (Å²) >= 11 is 0. The number of fused-ring (bicyclic) bond motifs is 5. The van der Waals surface area contributed by atoms with Crippen molar-refractivity contribution in [3.63, 3.8) is 0 Å². The second-order valence-electron chi connectivity index (χ2n) is 15.0. The van der Waals surface area contributed by atoms with Gasteiger partial charge in [0.1, 0.15) is 0 Å². The lowest BCUT2D eigenvalue weighted by molar-refractivity contribution is 1.07. The van der Waals surface area contributed by atoms with Gasteiger partial charge in [0.15, 0.2) is 17.5 Å². The van der Waals surface area contributed by atoms with Crippen LogP contribution in [0.5, 0.6) is 0 Å². The predicted molar refractivity (Wildman–Crippen MR) is 248 cm³/mol. The largest absolute Gasteiger partial charge is 0.247 e. The molecule has 0 aliphatic rings. The molecular formula is C56H36N4. The first-order chi connectivity index (χ1) is 29.7. The highest BCUT2D eigenvalue weighted by atomic mass is 15.0. The number of para-hydroxylation sites is 1. The van der Waals surface area contributed by atoms with Crippen LogP contribution in [-0.4, -0.2) is 19.9 Å². The molecule has 60 heavy (non-hydrogen) atoms. The van der Waals surface area contributed by atoms with Crippen LogP contribution in [0.4, 0.5) is 0 Å². The van der Waals surface area contributed by atoms with Gasteiger partial charge in [-0.2, -0.15) is 0 Å². The van der Waals surface area contributed by atoms with Gasteiger partial charge in [-0.15, -0.1) is 0 Å². The van der Waals surface area contributed by atoms with E-state index in [2.05, 4.69) is 182 Å². The molecule has 11 aromatic rings. The highest BCUT2D eigenvalue weighted by Crippen LogP contribution is 2.39. The van der Waals surface area contributed by atoms with E-state index >= 15 is 0 Å². The standard InChI is InChI=1S/C56H36N4/c1-3-14-37(15-4-1)38-28-30-41(31-29-38)55-58-54(40-17-5-2-6-18-40)59-56(60-55)47-24-13-22-45(36-47)43-20-11-19-42(34-43)44-21-12-23-46(35-44)53-52-48-25-8-7-16-39(48)32-33-50(52)49-26-9-10-27-51(49)57-53/h1-36H. The Morgan fingerprint density at radius 1 is 0.233 bits per heavy atom. The van der Waals surface area contributed by atoms with Gasteiger partial charge in [0, 0.05) is 33.0 Å². The summed E-state index contributed by atoms with van der Waals surface area (Å²) in [4.78, 5) is 20.4. The molecule has 11 rings (SSSR count). The molecule has 0 amide bonds. The average molecular weight is 765 g/mol. The Morgan fingerprint density at radius 3 is 1.33 bits per heavy atom.